The smallest absolute Gasteiger partial charge is 0.268 e. The minimum atomic E-state index is -3.77. The van der Waals surface area contributed by atoms with Gasteiger partial charge in [-0.05, 0) is 30.7 Å². The molecule has 3 aromatic rings. The lowest BCUT2D eigenvalue weighted by atomic mass is 10.1. The van der Waals surface area contributed by atoms with Crippen LogP contribution in [-0.4, -0.2) is 18.7 Å². The van der Waals surface area contributed by atoms with Crippen LogP contribution in [0.4, 0.5) is 0 Å². The SMILES string of the molecule is Cc1ccc(S(=O)(=O)n2ccc(C=O)c2-c2ccccc2)cc1. The van der Waals surface area contributed by atoms with E-state index in [1.807, 2.05) is 13.0 Å². The van der Waals surface area contributed by atoms with Crippen LogP contribution in [0.25, 0.3) is 11.3 Å². The number of carbonyl (C=O) groups is 1. The molecule has 0 aliphatic heterocycles. The summed E-state index contributed by atoms with van der Waals surface area (Å²) in [5.74, 6) is 0. The molecular weight excluding hydrogens is 310 g/mol. The van der Waals surface area contributed by atoms with Crippen LogP contribution in [0.3, 0.4) is 0 Å². The van der Waals surface area contributed by atoms with Crippen molar-refractivity contribution in [1.29, 1.82) is 0 Å². The van der Waals surface area contributed by atoms with Gasteiger partial charge in [-0.25, -0.2) is 12.4 Å². The zero-order valence-corrected chi connectivity index (χ0v) is 13.3. The van der Waals surface area contributed by atoms with Crippen molar-refractivity contribution in [1.82, 2.24) is 3.97 Å². The van der Waals surface area contributed by atoms with Crippen molar-refractivity contribution in [2.45, 2.75) is 11.8 Å². The number of hydrogen-bond acceptors (Lipinski definition) is 3. The number of aryl methyl sites for hydroxylation is 1. The molecule has 0 aliphatic rings. The van der Waals surface area contributed by atoms with Crippen molar-refractivity contribution in [3.05, 3.63) is 78.0 Å². The van der Waals surface area contributed by atoms with Gasteiger partial charge in [-0.1, -0.05) is 48.0 Å². The number of hydrogen-bond donors (Lipinski definition) is 0. The Hall–Kier alpha value is -2.66. The van der Waals surface area contributed by atoms with Crippen LogP contribution in [0.5, 0.6) is 0 Å². The first-order valence-electron chi connectivity index (χ1n) is 7.08. The Balaban J connectivity index is 2.23. The summed E-state index contributed by atoms with van der Waals surface area (Å²) in [6.07, 6.45) is 2.09. The molecule has 0 bridgehead atoms. The molecule has 0 saturated heterocycles. The Labute approximate surface area is 135 Å². The Morgan fingerprint density at radius 3 is 2.17 bits per heavy atom. The van der Waals surface area contributed by atoms with Gasteiger partial charge >= 0.3 is 0 Å². The molecule has 0 amide bonds. The Kier molecular flexibility index (Phi) is 3.88. The summed E-state index contributed by atoms with van der Waals surface area (Å²) < 4.78 is 27.0. The molecule has 0 saturated carbocycles. The number of aldehydes is 1. The normalized spacial score (nSPS) is 11.3. The fraction of sp³-hybridized carbons (Fsp3) is 0.0556. The maximum absolute atomic E-state index is 12.9. The number of nitrogens with zero attached hydrogens (tertiary/aromatic N) is 1. The zero-order valence-electron chi connectivity index (χ0n) is 12.5. The second kappa shape index (κ2) is 5.85. The van der Waals surface area contributed by atoms with E-state index < -0.39 is 10.0 Å². The third-order valence-corrected chi connectivity index (χ3v) is 5.33. The second-order valence-corrected chi connectivity index (χ2v) is 7.03. The average Bonchev–Trinajstić information content (AvgIpc) is 3.01. The van der Waals surface area contributed by atoms with Gasteiger partial charge in [0.05, 0.1) is 10.6 Å². The van der Waals surface area contributed by atoms with Crippen molar-refractivity contribution in [2.75, 3.05) is 0 Å². The van der Waals surface area contributed by atoms with E-state index in [0.29, 0.717) is 23.1 Å². The molecule has 0 fully saturated rings. The minimum Gasteiger partial charge on any atom is -0.298 e. The third-order valence-electron chi connectivity index (χ3n) is 3.64. The first-order valence-corrected chi connectivity index (χ1v) is 8.52. The molecule has 4 nitrogen and oxygen atoms in total. The summed E-state index contributed by atoms with van der Waals surface area (Å²) in [7, 11) is -3.77. The van der Waals surface area contributed by atoms with Gasteiger partial charge in [0, 0.05) is 11.8 Å². The number of carbonyl (C=O) groups excluding carboxylic acids is 1. The number of rotatable bonds is 4. The largest absolute Gasteiger partial charge is 0.298 e. The molecule has 1 heterocycles. The Morgan fingerprint density at radius 1 is 0.913 bits per heavy atom. The fourth-order valence-corrected chi connectivity index (χ4v) is 3.82. The molecule has 0 unspecified atom stereocenters. The molecule has 3 rings (SSSR count). The van der Waals surface area contributed by atoms with Crippen molar-refractivity contribution >= 4 is 16.3 Å². The molecule has 23 heavy (non-hydrogen) atoms. The third kappa shape index (κ3) is 2.71. The van der Waals surface area contributed by atoms with E-state index in [2.05, 4.69) is 0 Å². The Bertz CT molecular complexity index is 940. The zero-order chi connectivity index (χ0) is 16.4. The molecule has 0 aliphatic carbocycles. The second-order valence-electron chi connectivity index (χ2n) is 5.22. The molecule has 0 spiro atoms. The lowest BCUT2D eigenvalue weighted by molar-refractivity contribution is 0.112. The van der Waals surface area contributed by atoms with E-state index in [1.165, 1.54) is 12.3 Å². The van der Waals surface area contributed by atoms with Gasteiger partial charge in [-0.2, -0.15) is 0 Å². The summed E-state index contributed by atoms with van der Waals surface area (Å²) in [4.78, 5) is 11.5. The lowest BCUT2D eigenvalue weighted by Crippen LogP contribution is -2.13. The van der Waals surface area contributed by atoms with Crippen molar-refractivity contribution < 1.29 is 13.2 Å². The van der Waals surface area contributed by atoms with E-state index in [1.54, 1.807) is 48.5 Å². The molecule has 0 atom stereocenters. The van der Waals surface area contributed by atoms with Gasteiger partial charge in [-0.15, -0.1) is 0 Å². The molecule has 1 aromatic heterocycles. The predicted octanol–water partition coefficient (Wildman–Crippen LogP) is 3.51. The van der Waals surface area contributed by atoms with Gasteiger partial charge in [0.25, 0.3) is 10.0 Å². The first kappa shape index (κ1) is 15.2. The number of aromatic nitrogens is 1. The minimum absolute atomic E-state index is 0.188. The highest BCUT2D eigenvalue weighted by Gasteiger charge is 2.22. The molecule has 0 N–H and O–H groups in total. The predicted molar refractivity (Wildman–Crippen MR) is 89.0 cm³/mol. The summed E-state index contributed by atoms with van der Waals surface area (Å²) in [5, 5.41) is 0. The van der Waals surface area contributed by atoms with Crippen LogP contribution >= 0.6 is 0 Å². The van der Waals surface area contributed by atoms with E-state index in [9.17, 15) is 13.2 Å². The van der Waals surface area contributed by atoms with Crippen LogP contribution in [0.15, 0.2) is 71.8 Å². The highest BCUT2D eigenvalue weighted by Crippen LogP contribution is 2.28. The molecule has 116 valence electrons. The van der Waals surface area contributed by atoms with Crippen LogP contribution in [0.2, 0.25) is 0 Å². The van der Waals surface area contributed by atoms with E-state index in [-0.39, 0.29) is 4.90 Å². The first-order chi connectivity index (χ1) is 11.0. The monoisotopic (exact) mass is 325 g/mol. The molecular formula is C18H15NO3S. The van der Waals surface area contributed by atoms with Gasteiger partial charge in [0.1, 0.15) is 0 Å². The van der Waals surface area contributed by atoms with Crippen molar-refractivity contribution in [2.24, 2.45) is 0 Å². The standard InChI is InChI=1S/C18H15NO3S/c1-14-7-9-17(10-8-14)23(21,22)19-12-11-16(13-20)18(19)15-5-3-2-4-6-15/h2-13H,1H3. The summed E-state index contributed by atoms with van der Waals surface area (Å²) in [6, 6.07) is 17.2. The van der Waals surface area contributed by atoms with Crippen LogP contribution in [0.1, 0.15) is 15.9 Å². The highest BCUT2D eigenvalue weighted by atomic mass is 32.2. The maximum atomic E-state index is 12.9. The molecule has 5 heteroatoms. The van der Waals surface area contributed by atoms with Crippen LogP contribution in [0, 0.1) is 6.92 Å². The summed E-state index contributed by atoms with van der Waals surface area (Å²) in [6.45, 7) is 1.89. The Morgan fingerprint density at radius 2 is 1.57 bits per heavy atom. The van der Waals surface area contributed by atoms with E-state index in [0.717, 1.165) is 9.54 Å². The maximum Gasteiger partial charge on any atom is 0.268 e. The van der Waals surface area contributed by atoms with E-state index >= 15 is 0 Å². The lowest BCUT2D eigenvalue weighted by Gasteiger charge is -2.11. The summed E-state index contributed by atoms with van der Waals surface area (Å²) >= 11 is 0. The van der Waals surface area contributed by atoms with Crippen LogP contribution < -0.4 is 0 Å². The topological polar surface area (TPSA) is 56.1 Å². The van der Waals surface area contributed by atoms with Gasteiger partial charge in [0.15, 0.2) is 6.29 Å². The highest BCUT2D eigenvalue weighted by molar-refractivity contribution is 7.90. The van der Waals surface area contributed by atoms with Gasteiger partial charge in [-0.3, -0.25) is 4.79 Å². The number of benzene rings is 2. The molecule has 0 radical (unpaired) electrons. The average molecular weight is 325 g/mol. The quantitative estimate of drug-likeness (QED) is 0.690. The van der Waals surface area contributed by atoms with E-state index in [4.69, 9.17) is 0 Å². The van der Waals surface area contributed by atoms with Crippen molar-refractivity contribution in [3.63, 3.8) is 0 Å². The van der Waals surface area contributed by atoms with Crippen LogP contribution in [-0.2, 0) is 10.0 Å². The molecule has 2 aromatic carbocycles. The fourth-order valence-electron chi connectivity index (χ4n) is 2.44. The van der Waals surface area contributed by atoms with Gasteiger partial charge in [0.2, 0.25) is 0 Å². The summed E-state index contributed by atoms with van der Waals surface area (Å²) in [5.41, 5.74) is 2.37. The van der Waals surface area contributed by atoms with Gasteiger partial charge < -0.3 is 0 Å². The van der Waals surface area contributed by atoms with Crippen molar-refractivity contribution in [3.8, 4) is 11.3 Å².